The lowest BCUT2D eigenvalue weighted by Crippen LogP contribution is -2.18. The second-order valence-corrected chi connectivity index (χ2v) is 4.24. The molecule has 0 aliphatic carbocycles. The van der Waals surface area contributed by atoms with Crippen molar-refractivity contribution in [2.24, 2.45) is 0 Å². The number of nitrogens with zero attached hydrogens (tertiary/aromatic N) is 1. The summed E-state index contributed by atoms with van der Waals surface area (Å²) in [6, 6.07) is 9.56. The molecule has 2 rings (SSSR count). The maximum Gasteiger partial charge on any atom is 0.214 e. The van der Waals surface area contributed by atoms with Crippen molar-refractivity contribution in [3.05, 3.63) is 59.9 Å². The zero-order valence-electron chi connectivity index (χ0n) is 10.0. The first kappa shape index (κ1) is 12.5. The average Bonchev–Trinajstić information content (AvgIpc) is 2.32. The molecule has 94 valence electrons. The van der Waals surface area contributed by atoms with Gasteiger partial charge >= 0.3 is 0 Å². The number of benzene rings is 1. The maximum atomic E-state index is 12.9. The molecule has 4 heteroatoms. The molecule has 2 nitrogen and oxygen atoms in total. The minimum absolute atomic E-state index is 0.122. The van der Waals surface area contributed by atoms with Crippen molar-refractivity contribution in [2.45, 2.75) is 19.4 Å². The molecule has 0 aliphatic rings. The predicted molar refractivity (Wildman–Crippen MR) is 67.4 cm³/mol. The van der Waals surface area contributed by atoms with Crippen LogP contribution < -0.4 is 5.32 Å². The zero-order chi connectivity index (χ0) is 13.0. The molecule has 0 aliphatic heterocycles. The summed E-state index contributed by atoms with van der Waals surface area (Å²) in [6.45, 7) is 1.99. The van der Waals surface area contributed by atoms with E-state index in [0.29, 0.717) is 5.69 Å². The van der Waals surface area contributed by atoms with Gasteiger partial charge in [0.2, 0.25) is 5.95 Å². The van der Waals surface area contributed by atoms with Crippen molar-refractivity contribution < 1.29 is 8.78 Å². The van der Waals surface area contributed by atoms with Gasteiger partial charge in [0.15, 0.2) is 0 Å². The van der Waals surface area contributed by atoms with Crippen LogP contribution in [0.1, 0.15) is 12.5 Å². The van der Waals surface area contributed by atoms with E-state index < -0.39 is 5.95 Å². The van der Waals surface area contributed by atoms with Gasteiger partial charge in [-0.15, -0.1) is 0 Å². The Bertz CT molecular complexity index is 511. The number of anilines is 1. The fourth-order valence-corrected chi connectivity index (χ4v) is 1.80. The van der Waals surface area contributed by atoms with Gasteiger partial charge < -0.3 is 5.32 Å². The third kappa shape index (κ3) is 3.52. The van der Waals surface area contributed by atoms with Gasteiger partial charge in [0.25, 0.3) is 0 Å². The summed E-state index contributed by atoms with van der Waals surface area (Å²) in [5, 5.41) is 3.17. The van der Waals surface area contributed by atoms with Crippen molar-refractivity contribution in [1.82, 2.24) is 4.98 Å². The minimum atomic E-state index is -0.506. The monoisotopic (exact) mass is 248 g/mol. The van der Waals surface area contributed by atoms with E-state index in [1.807, 2.05) is 6.92 Å². The highest BCUT2D eigenvalue weighted by Gasteiger charge is 2.04. The average molecular weight is 248 g/mol. The molecule has 18 heavy (non-hydrogen) atoms. The summed E-state index contributed by atoms with van der Waals surface area (Å²) in [7, 11) is 0. The molecule has 0 saturated carbocycles. The zero-order valence-corrected chi connectivity index (χ0v) is 10.0. The summed E-state index contributed by atoms with van der Waals surface area (Å²) in [4.78, 5) is 3.49. The highest BCUT2D eigenvalue weighted by Crippen LogP contribution is 2.12. The molecular formula is C14H14F2N2. The molecule has 0 saturated heterocycles. The molecule has 1 atom stereocenters. The van der Waals surface area contributed by atoms with Crippen LogP contribution in [0.4, 0.5) is 14.5 Å². The SMILES string of the molecule is CC(Cc1ccc(F)cc1)Nc1ccnc(F)c1. The van der Waals surface area contributed by atoms with Gasteiger partial charge in [-0.05, 0) is 37.1 Å². The Kier molecular flexibility index (Phi) is 3.87. The largest absolute Gasteiger partial charge is 0.382 e. The van der Waals surface area contributed by atoms with Crippen LogP contribution in [-0.4, -0.2) is 11.0 Å². The molecule has 1 aromatic heterocycles. The van der Waals surface area contributed by atoms with E-state index in [4.69, 9.17) is 0 Å². The molecule has 0 radical (unpaired) electrons. The number of hydrogen-bond donors (Lipinski definition) is 1. The van der Waals surface area contributed by atoms with Gasteiger partial charge in [-0.1, -0.05) is 12.1 Å². The standard InChI is InChI=1S/C14H14F2N2/c1-10(8-11-2-4-12(15)5-3-11)18-13-6-7-17-14(16)9-13/h2-7,9-10H,8H2,1H3,(H,17,18). The van der Waals surface area contributed by atoms with Crippen LogP contribution in [0.15, 0.2) is 42.6 Å². The second kappa shape index (κ2) is 5.58. The molecule has 1 heterocycles. The molecule has 0 fully saturated rings. The van der Waals surface area contributed by atoms with Crippen molar-refractivity contribution in [3.8, 4) is 0 Å². The van der Waals surface area contributed by atoms with Gasteiger partial charge in [0.1, 0.15) is 5.82 Å². The van der Waals surface area contributed by atoms with Gasteiger partial charge in [0, 0.05) is 24.0 Å². The van der Waals surface area contributed by atoms with Crippen LogP contribution in [-0.2, 0) is 6.42 Å². The number of rotatable bonds is 4. The Balaban J connectivity index is 1.96. The minimum Gasteiger partial charge on any atom is -0.382 e. The van der Waals surface area contributed by atoms with E-state index in [-0.39, 0.29) is 11.9 Å². The Morgan fingerprint density at radius 2 is 1.89 bits per heavy atom. The normalized spacial score (nSPS) is 12.2. The quantitative estimate of drug-likeness (QED) is 0.839. The first-order valence-electron chi connectivity index (χ1n) is 5.76. The van der Waals surface area contributed by atoms with Gasteiger partial charge in [0.05, 0.1) is 0 Å². The van der Waals surface area contributed by atoms with Gasteiger partial charge in [-0.25, -0.2) is 9.37 Å². The van der Waals surface area contributed by atoms with E-state index in [2.05, 4.69) is 10.3 Å². The van der Waals surface area contributed by atoms with Crippen LogP contribution in [0.5, 0.6) is 0 Å². The first-order valence-corrected chi connectivity index (χ1v) is 5.76. The van der Waals surface area contributed by atoms with E-state index in [9.17, 15) is 8.78 Å². The smallest absolute Gasteiger partial charge is 0.214 e. The molecule has 0 amide bonds. The van der Waals surface area contributed by atoms with Crippen molar-refractivity contribution in [1.29, 1.82) is 0 Å². The number of halogens is 2. The van der Waals surface area contributed by atoms with Gasteiger partial charge in [-0.2, -0.15) is 4.39 Å². The summed E-state index contributed by atoms with van der Waals surface area (Å²) in [5.41, 5.74) is 1.73. The van der Waals surface area contributed by atoms with E-state index in [1.165, 1.54) is 24.4 Å². The van der Waals surface area contributed by atoms with Gasteiger partial charge in [-0.3, -0.25) is 0 Å². The Morgan fingerprint density at radius 3 is 2.56 bits per heavy atom. The van der Waals surface area contributed by atoms with E-state index >= 15 is 0 Å². The molecule has 1 aromatic carbocycles. The van der Waals surface area contributed by atoms with Crippen LogP contribution >= 0.6 is 0 Å². The highest BCUT2D eigenvalue weighted by molar-refractivity contribution is 5.42. The highest BCUT2D eigenvalue weighted by atomic mass is 19.1. The summed E-state index contributed by atoms with van der Waals surface area (Å²) in [6.07, 6.45) is 2.16. The molecule has 2 aromatic rings. The summed E-state index contributed by atoms with van der Waals surface area (Å²) < 4.78 is 25.6. The van der Waals surface area contributed by atoms with Crippen LogP contribution in [0.3, 0.4) is 0 Å². The van der Waals surface area contributed by atoms with Crippen molar-refractivity contribution in [3.63, 3.8) is 0 Å². The number of nitrogens with one attached hydrogen (secondary N) is 1. The number of pyridine rings is 1. The lowest BCUT2D eigenvalue weighted by Gasteiger charge is -2.15. The van der Waals surface area contributed by atoms with Crippen molar-refractivity contribution in [2.75, 3.05) is 5.32 Å². The van der Waals surface area contributed by atoms with E-state index in [0.717, 1.165) is 12.0 Å². The molecule has 1 unspecified atom stereocenters. The lowest BCUT2D eigenvalue weighted by molar-refractivity contribution is 0.584. The summed E-state index contributed by atoms with van der Waals surface area (Å²) >= 11 is 0. The molecular weight excluding hydrogens is 234 g/mol. The van der Waals surface area contributed by atoms with Crippen molar-refractivity contribution >= 4 is 5.69 Å². The third-order valence-corrected chi connectivity index (χ3v) is 2.59. The van der Waals surface area contributed by atoms with Crippen LogP contribution in [0.2, 0.25) is 0 Å². The number of aromatic nitrogens is 1. The Morgan fingerprint density at radius 1 is 1.17 bits per heavy atom. The first-order chi connectivity index (χ1) is 8.63. The molecule has 0 bridgehead atoms. The fourth-order valence-electron chi connectivity index (χ4n) is 1.80. The molecule has 0 spiro atoms. The fraction of sp³-hybridized carbons (Fsp3) is 0.214. The van der Waals surface area contributed by atoms with Crippen LogP contribution in [0.25, 0.3) is 0 Å². The second-order valence-electron chi connectivity index (χ2n) is 4.24. The van der Waals surface area contributed by atoms with Crippen LogP contribution in [0, 0.1) is 11.8 Å². The Hall–Kier alpha value is -1.97. The number of hydrogen-bond acceptors (Lipinski definition) is 2. The molecule has 1 N–H and O–H groups in total. The lowest BCUT2D eigenvalue weighted by atomic mass is 10.1. The third-order valence-electron chi connectivity index (χ3n) is 2.59. The Labute approximate surface area is 105 Å². The summed E-state index contributed by atoms with van der Waals surface area (Å²) in [5.74, 6) is -0.746. The maximum absolute atomic E-state index is 12.9. The predicted octanol–water partition coefficient (Wildman–Crippen LogP) is 3.40. The topological polar surface area (TPSA) is 24.9 Å². The van der Waals surface area contributed by atoms with E-state index in [1.54, 1.807) is 18.2 Å².